The summed E-state index contributed by atoms with van der Waals surface area (Å²) in [4.78, 5) is 33.2. The minimum absolute atomic E-state index is 0.0205. The van der Waals surface area contributed by atoms with Gasteiger partial charge in [-0.05, 0) is 30.2 Å². The minimum Gasteiger partial charge on any atom is -0.482 e. The van der Waals surface area contributed by atoms with Crippen LogP contribution in [-0.4, -0.2) is 11.2 Å². The highest BCUT2D eigenvalue weighted by molar-refractivity contribution is 5.81. The standard InChI is InChI=1S/C19H15NO6/c1-2-12-3-5-15-14(9-19(22)26-18(15)8-12)11-25-17-6-4-13(10-21)7-16(17)20(23)24/h3-10H,2,11H2,1H3. The number of aldehydes is 1. The summed E-state index contributed by atoms with van der Waals surface area (Å²) in [5.74, 6) is 0.0205. The molecule has 2 aromatic carbocycles. The summed E-state index contributed by atoms with van der Waals surface area (Å²) >= 11 is 0. The molecule has 0 N–H and O–H groups in total. The van der Waals surface area contributed by atoms with Gasteiger partial charge in [0.1, 0.15) is 18.5 Å². The Bertz CT molecular complexity index is 1050. The molecule has 0 saturated heterocycles. The first-order valence-corrected chi connectivity index (χ1v) is 7.94. The third kappa shape index (κ3) is 3.46. The van der Waals surface area contributed by atoms with Gasteiger partial charge in [0, 0.05) is 28.6 Å². The lowest BCUT2D eigenvalue weighted by molar-refractivity contribution is -0.386. The molecule has 0 spiro atoms. The summed E-state index contributed by atoms with van der Waals surface area (Å²) in [7, 11) is 0. The summed E-state index contributed by atoms with van der Waals surface area (Å²) in [6, 6.07) is 10.8. The highest BCUT2D eigenvalue weighted by Gasteiger charge is 2.17. The topological polar surface area (TPSA) is 99.6 Å². The molecule has 7 nitrogen and oxygen atoms in total. The average molecular weight is 353 g/mol. The van der Waals surface area contributed by atoms with Crippen molar-refractivity contribution in [1.29, 1.82) is 0 Å². The number of nitro groups is 1. The van der Waals surface area contributed by atoms with Crippen molar-refractivity contribution in [2.45, 2.75) is 20.0 Å². The number of rotatable bonds is 6. The number of benzene rings is 2. The van der Waals surface area contributed by atoms with E-state index in [9.17, 15) is 19.7 Å². The van der Waals surface area contributed by atoms with Crippen LogP contribution in [0.2, 0.25) is 0 Å². The van der Waals surface area contributed by atoms with Gasteiger partial charge in [-0.25, -0.2) is 4.79 Å². The smallest absolute Gasteiger partial charge is 0.336 e. The Kier molecular flexibility index (Phi) is 4.79. The Morgan fingerprint density at radius 1 is 1.19 bits per heavy atom. The van der Waals surface area contributed by atoms with Gasteiger partial charge in [0.15, 0.2) is 5.75 Å². The molecule has 3 aromatic rings. The summed E-state index contributed by atoms with van der Waals surface area (Å²) in [6.07, 6.45) is 1.33. The molecule has 1 aromatic heterocycles. The first-order chi connectivity index (χ1) is 12.5. The van der Waals surface area contributed by atoms with Crippen molar-refractivity contribution in [2.75, 3.05) is 0 Å². The third-order valence-electron chi connectivity index (χ3n) is 4.00. The van der Waals surface area contributed by atoms with E-state index in [1.54, 1.807) is 6.07 Å². The molecule has 0 atom stereocenters. The van der Waals surface area contributed by atoms with E-state index in [-0.39, 0.29) is 23.6 Å². The van der Waals surface area contributed by atoms with Crippen LogP contribution in [0.3, 0.4) is 0 Å². The van der Waals surface area contributed by atoms with E-state index in [4.69, 9.17) is 9.15 Å². The van der Waals surface area contributed by atoms with Crippen molar-refractivity contribution < 1.29 is 18.9 Å². The zero-order valence-electron chi connectivity index (χ0n) is 13.9. The first kappa shape index (κ1) is 17.3. The van der Waals surface area contributed by atoms with Gasteiger partial charge in [0.2, 0.25) is 0 Å². The highest BCUT2D eigenvalue weighted by Crippen LogP contribution is 2.29. The second kappa shape index (κ2) is 7.18. The van der Waals surface area contributed by atoms with Crippen LogP contribution in [0.15, 0.2) is 51.7 Å². The lowest BCUT2D eigenvalue weighted by Crippen LogP contribution is -2.05. The van der Waals surface area contributed by atoms with Crippen LogP contribution in [0, 0.1) is 10.1 Å². The fourth-order valence-electron chi connectivity index (χ4n) is 2.64. The van der Waals surface area contributed by atoms with Gasteiger partial charge in [0.05, 0.1) is 4.92 Å². The molecular weight excluding hydrogens is 338 g/mol. The van der Waals surface area contributed by atoms with Crippen LogP contribution in [0.1, 0.15) is 28.4 Å². The van der Waals surface area contributed by atoms with Gasteiger partial charge in [-0.15, -0.1) is 0 Å². The maximum atomic E-state index is 11.8. The molecule has 132 valence electrons. The molecule has 1 heterocycles. The predicted molar refractivity (Wildman–Crippen MR) is 94.7 cm³/mol. The van der Waals surface area contributed by atoms with Crippen LogP contribution in [0.25, 0.3) is 11.0 Å². The van der Waals surface area contributed by atoms with Crippen molar-refractivity contribution in [3.05, 3.63) is 79.7 Å². The van der Waals surface area contributed by atoms with E-state index >= 15 is 0 Å². The van der Waals surface area contributed by atoms with Crippen LogP contribution in [0.4, 0.5) is 5.69 Å². The molecule has 3 rings (SSSR count). The number of carbonyl (C=O) groups is 1. The van der Waals surface area contributed by atoms with E-state index in [0.717, 1.165) is 18.1 Å². The summed E-state index contributed by atoms with van der Waals surface area (Å²) in [5.41, 5.74) is 1.39. The van der Waals surface area contributed by atoms with Crippen molar-refractivity contribution in [3.63, 3.8) is 0 Å². The van der Waals surface area contributed by atoms with Crippen LogP contribution in [-0.2, 0) is 13.0 Å². The summed E-state index contributed by atoms with van der Waals surface area (Å²) < 4.78 is 10.8. The van der Waals surface area contributed by atoms with Gasteiger partial charge in [0.25, 0.3) is 0 Å². The van der Waals surface area contributed by atoms with Crippen molar-refractivity contribution >= 4 is 22.9 Å². The van der Waals surface area contributed by atoms with E-state index < -0.39 is 10.5 Å². The quantitative estimate of drug-likeness (QED) is 0.290. The zero-order valence-corrected chi connectivity index (χ0v) is 13.9. The normalized spacial score (nSPS) is 10.7. The number of hydrogen-bond acceptors (Lipinski definition) is 6. The molecule has 0 aliphatic heterocycles. The first-order valence-electron chi connectivity index (χ1n) is 7.94. The van der Waals surface area contributed by atoms with Gasteiger partial charge in [-0.2, -0.15) is 0 Å². The van der Waals surface area contributed by atoms with Gasteiger partial charge < -0.3 is 9.15 Å². The SMILES string of the molecule is CCc1ccc2c(COc3ccc(C=O)cc3[N+](=O)[O-])cc(=O)oc2c1. The second-order valence-electron chi connectivity index (χ2n) is 5.67. The molecule has 0 saturated carbocycles. The number of nitrogens with zero attached hydrogens (tertiary/aromatic N) is 1. The minimum atomic E-state index is -0.618. The average Bonchev–Trinajstić information content (AvgIpc) is 2.65. The molecule has 0 fully saturated rings. The number of ether oxygens (including phenoxy) is 1. The molecule has 0 bridgehead atoms. The van der Waals surface area contributed by atoms with E-state index in [2.05, 4.69) is 0 Å². The number of aryl methyl sites for hydroxylation is 1. The Balaban J connectivity index is 1.96. The monoisotopic (exact) mass is 353 g/mol. The third-order valence-corrected chi connectivity index (χ3v) is 4.00. The highest BCUT2D eigenvalue weighted by atomic mass is 16.6. The predicted octanol–water partition coefficient (Wildman–Crippen LogP) is 3.66. The number of fused-ring (bicyclic) bond motifs is 1. The Morgan fingerprint density at radius 3 is 2.69 bits per heavy atom. The summed E-state index contributed by atoms with van der Waals surface area (Å²) in [6.45, 7) is 1.95. The Morgan fingerprint density at radius 2 is 2.00 bits per heavy atom. The Hall–Kier alpha value is -3.48. The van der Waals surface area contributed by atoms with Crippen molar-refractivity contribution in [1.82, 2.24) is 0 Å². The Labute approximate surface area is 148 Å². The molecule has 0 aliphatic carbocycles. The number of hydrogen-bond donors (Lipinski definition) is 0. The second-order valence-corrected chi connectivity index (χ2v) is 5.67. The maximum absolute atomic E-state index is 11.8. The molecule has 0 radical (unpaired) electrons. The van der Waals surface area contributed by atoms with Gasteiger partial charge >= 0.3 is 11.3 Å². The van der Waals surface area contributed by atoms with E-state index in [1.807, 2.05) is 19.1 Å². The molecular formula is C19H15NO6. The molecule has 0 amide bonds. The van der Waals surface area contributed by atoms with Crippen LogP contribution in [0.5, 0.6) is 5.75 Å². The van der Waals surface area contributed by atoms with E-state index in [1.165, 1.54) is 18.2 Å². The van der Waals surface area contributed by atoms with Crippen molar-refractivity contribution in [2.24, 2.45) is 0 Å². The zero-order chi connectivity index (χ0) is 18.7. The van der Waals surface area contributed by atoms with Crippen LogP contribution < -0.4 is 10.4 Å². The lowest BCUT2D eigenvalue weighted by Gasteiger charge is -2.09. The fourth-order valence-corrected chi connectivity index (χ4v) is 2.64. The molecule has 0 aliphatic rings. The summed E-state index contributed by atoms with van der Waals surface area (Å²) in [5, 5.41) is 11.9. The molecule has 7 heteroatoms. The van der Waals surface area contributed by atoms with Gasteiger partial charge in [-0.3, -0.25) is 14.9 Å². The maximum Gasteiger partial charge on any atom is 0.336 e. The van der Waals surface area contributed by atoms with E-state index in [0.29, 0.717) is 22.8 Å². The van der Waals surface area contributed by atoms with Gasteiger partial charge in [-0.1, -0.05) is 19.1 Å². The number of nitro benzene ring substituents is 1. The lowest BCUT2D eigenvalue weighted by atomic mass is 10.1. The fraction of sp³-hybridized carbons (Fsp3) is 0.158. The molecule has 0 unspecified atom stereocenters. The van der Waals surface area contributed by atoms with Crippen molar-refractivity contribution in [3.8, 4) is 5.75 Å². The number of carbonyl (C=O) groups excluding carboxylic acids is 1. The van der Waals surface area contributed by atoms with Crippen LogP contribution >= 0.6 is 0 Å². The largest absolute Gasteiger partial charge is 0.482 e. The molecule has 26 heavy (non-hydrogen) atoms.